The fourth-order valence-electron chi connectivity index (χ4n) is 1.66. The van der Waals surface area contributed by atoms with Crippen LogP contribution in [0.3, 0.4) is 0 Å². The zero-order valence-corrected chi connectivity index (χ0v) is 11.0. The summed E-state index contributed by atoms with van der Waals surface area (Å²) in [5.41, 5.74) is 1.95. The van der Waals surface area contributed by atoms with E-state index in [9.17, 15) is 4.79 Å². The quantitative estimate of drug-likeness (QED) is 0.895. The van der Waals surface area contributed by atoms with Crippen LogP contribution in [-0.2, 0) is 6.54 Å². The number of carbonyl (C=O) groups excluding carboxylic acids is 1. The number of carbonyl (C=O) groups is 1. The number of rotatable bonds is 4. The molecule has 6 nitrogen and oxygen atoms in total. The van der Waals surface area contributed by atoms with E-state index in [-0.39, 0.29) is 6.03 Å². The Labute approximate surface area is 114 Å². The normalized spacial score (nSPS) is 14.1. The van der Waals surface area contributed by atoms with Crippen LogP contribution in [0.2, 0.25) is 0 Å². The van der Waals surface area contributed by atoms with Gasteiger partial charge < -0.3 is 5.32 Å². The largest absolute Gasteiger partial charge is 0.334 e. The van der Waals surface area contributed by atoms with Gasteiger partial charge in [-0.3, -0.25) is 5.32 Å². The van der Waals surface area contributed by atoms with E-state index in [4.69, 9.17) is 0 Å². The van der Waals surface area contributed by atoms with E-state index >= 15 is 0 Å². The Hall–Kier alpha value is -2.02. The third kappa shape index (κ3) is 3.25. The van der Waals surface area contributed by atoms with Gasteiger partial charge in [0.15, 0.2) is 5.13 Å². The summed E-state index contributed by atoms with van der Waals surface area (Å²) in [5, 5.41) is 8.12. The molecule has 7 heteroatoms. The van der Waals surface area contributed by atoms with Crippen molar-refractivity contribution in [3.63, 3.8) is 0 Å². The standard InChI is InChI=1S/C12H13N5OS/c18-11(15-5-8-3-13-7-14-4-8)17-12-16-10(6-19-12)9-1-2-9/h3-4,6-7,9H,1-2,5H2,(H2,15,16,17,18). The lowest BCUT2D eigenvalue weighted by molar-refractivity contribution is 0.251. The Bertz CT molecular complexity index is 567. The van der Waals surface area contributed by atoms with E-state index < -0.39 is 0 Å². The van der Waals surface area contributed by atoms with Crippen molar-refractivity contribution in [3.8, 4) is 0 Å². The molecule has 19 heavy (non-hydrogen) atoms. The molecule has 0 unspecified atom stereocenters. The summed E-state index contributed by atoms with van der Waals surface area (Å²) in [7, 11) is 0. The molecule has 0 atom stereocenters. The zero-order valence-electron chi connectivity index (χ0n) is 10.2. The first-order chi connectivity index (χ1) is 9.31. The topological polar surface area (TPSA) is 79.8 Å². The molecular weight excluding hydrogens is 262 g/mol. The molecule has 0 radical (unpaired) electrons. The second-order valence-electron chi connectivity index (χ2n) is 4.41. The second-order valence-corrected chi connectivity index (χ2v) is 5.26. The molecule has 2 amide bonds. The highest BCUT2D eigenvalue weighted by molar-refractivity contribution is 7.13. The van der Waals surface area contributed by atoms with Crippen LogP contribution in [0, 0.1) is 0 Å². The molecule has 1 saturated carbocycles. The lowest BCUT2D eigenvalue weighted by Gasteiger charge is -2.04. The van der Waals surface area contributed by atoms with Crippen molar-refractivity contribution in [3.05, 3.63) is 35.4 Å². The van der Waals surface area contributed by atoms with Gasteiger partial charge >= 0.3 is 6.03 Å². The molecule has 2 heterocycles. The Morgan fingerprint density at radius 2 is 2.16 bits per heavy atom. The van der Waals surface area contributed by atoms with E-state index in [0.29, 0.717) is 17.6 Å². The molecule has 1 aliphatic rings. The van der Waals surface area contributed by atoms with Crippen LogP contribution in [0.1, 0.15) is 30.0 Å². The summed E-state index contributed by atoms with van der Waals surface area (Å²) in [6, 6.07) is -0.263. The molecule has 2 aromatic heterocycles. The average molecular weight is 275 g/mol. The van der Waals surface area contributed by atoms with Crippen molar-refractivity contribution in [1.29, 1.82) is 0 Å². The van der Waals surface area contributed by atoms with Crippen molar-refractivity contribution >= 4 is 22.5 Å². The fourth-order valence-corrected chi connectivity index (χ4v) is 2.44. The molecule has 0 spiro atoms. The molecule has 1 fully saturated rings. The number of nitrogens with one attached hydrogen (secondary N) is 2. The maximum Gasteiger partial charge on any atom is 0.321 e. The lowest BCUT2D eigenvalue weighted by atomic mass is 10.3. The molecule has 2 N–H and O–H groups in total. The minimum Gasteiger partial charge on any atom is -0.334 e. The van der Waals surface area contributed by atoms with Crippen LogP contribution in [0.5, 0.6) is 0 Å². The highest BCUT2D eigenvalue weighted by Gasteiger charge is 2.26. The smallest absolute Gasteiger partial charge is 0.321 e. The van der Waals surface area contributed by atoms with Gasteiger partial charge in [0.2, 0.25) is 0 Å². The van der Waals surface area contributed by atoms with Crippen LogP contribution in [0.25, 0.3) is 0 Å². The number of nitrogens with zero attached hydrogens (tertiary/aromatic N) is 3. The number of amides is 2. The van der Waals surface area contributed by atoms with E-state index in [2.05, 4.69) is 25.6 Å². The predicted octanol–water partition coefficient (Wildman–Crippen LogP) is 2.13. The van der Waals surface area contributed by atoms with Crippen molar-refractivity contribution in [2.75, 3.05) is 5.32 Å². The number of thiazole rings is 1. The van der Waals surface area contributed by atoms with Gasteiger partial charge in [0.25, 0.3) is 0 Å². The molecule has 3 rings (SSSR count). The highest BCUT2D eigenvalue weighted by atomic mass is 32.1. The van der Waals surface area contributed by atoms with E-state index in [1.807, 2.05) is 5.38 Å². The minimum absolute atomic E-state index is 0.263. The number of hydrogen-bond donors (Lipinski definition) is 2. The van der Waals surface area contributed by atoms with Crippen LogP contribution < -0.4 is 10.6 Å². The van der Waals surface area contributed by atoms with Crippen LogP contribution in [0.4, 0.5) is 9.93 Å². The molecule has 0 aromatic carbocycles. The third-order valence-electron chi connectivity index (χ3n) is 2.81. The second kappa shape index (κ2) is 5.31. The molecule has 98 valence electrons. The van der Waals surface area contributed by atoms with Crippen molar-refractivity contribution in [2.24, 2.45) is 0 Å². The number of aromatic nitrogens is 3. The van der Waals surface area contributed by atoms with E-state index in [1.54, 1.807) is 12.4 Å². The third-order valence-corrected chi connectivity index (χ3v) is 3.58. The maximum absolute atomic E-state index is 11.7. The summed E-state index contributed by atoms with van der Waals surface area (Å²) in [5.74, 6) is 0.608. The summed E-state index contributed by atoms with van der Waals surface area (Å²) in [4.78, 5) is 23.8. The fraction of sp³-hybridized carbons (Fsp3) is 0.333. The first-order valence-corrected chi connectivity index (χ1v) is 6.93. The minimum atomic E-state index is -0.263. The number of hydrogen-bond acceptors (Lipinski definition) is 5. The van der Waals surface area contributed by atoms with E-state index in [1.165, 1.54) is 30.5 Å². The molecular formula is C12H13N5OS. The van der Waals surface area contributed by atoms with Crippen molar-refractivity contribution in [1.82, 2.24) is 20.3 Å². The Balaban J connectivity index is 1.50. The van der Waals surface area contributed by atoms with Gasteiger partial charge in [-0.1, -0.05) is 0 Å². The van der Waals surface area contributed by atoms with Gasteiger partial charge in [0.05, 0.1) is 5.69 Å². The van der Waals surface area contributed by atoms with Crippen molar-refractivity contribution in [2.45, 2.75) is 25.3 Å². The molecule has 0 saturated heterocycles. The molecule has 0 bridgehead atoms. The Morgan fingerprint density at radius 1 is 1.37 bits per heavy atom. The Morgan fingerprint density at radius 3 is 2.89 bits per heavy atom. The predicted molar refractivity (Wildman–Crippen MR) is 72.0 cm³/mol. The maximum atomic E-state index is 11.7. The zero-order chi connectivity index (χ0) is 13.1. The molecule has 1 aliphatic carbocycles. The van der Waals surface area contributed by atoms with Gasteiger partial charge in [0, 0.05) is 35.8 Å². The van der Waals surface area contributed by atoms with Gasteiger partial charge in [-0.2, -0.15) is 0 Å². The van der Waals surface area contributed by atoms with Gasteiger partial charge in [-0.05, 0) is 12.8 Å². The van der Waals surface area contributed by atoms with Crippen LogP contribution >= 0.6 is 11.3 Å². The Kier molecular flexibility index (Phi) is 3.37. The summed E-state index contributed by atoms with van der Waals surface area (Å²) in [6.07, 6.45) is 7.22. The van der Waals surface area contributed by atoms with Crippen molar-refractivity contribution < 1.29 is 4.79 Å². The number of urea groups is 1. The summed E-state index contributed by atoms with van der Waals surface area (Å²) < 4.78 is 0. The monoisotopic (exact) mass is 275 g/mol. The van der Waals surface area contributed by atoms with Gasteiger partial charge in [-0.15, -0.1) is 11.3 Å². The van der Waals surface area contributed by atoms with Gasteiger partial charge in [-0.25, -0.2) is 19.7 Å². The SMILES string of the molecule is O=C(NCc1cncnc1)Nc1nc(C2CC2)cs1. The lowest BCUT2D eigenvalue weighted by Crippen LogP contribution is -2.28. The summed E-state index contributed by atoms with van der Waals surface area (Å²) >= 11 is 1.46. The molecule has 2 aromatic rings. The van der Waals surface area contributed by atoms with Gasteiger partial charge in [0.1, 0.15) is 6.33 Å². The first kappa shape index (κ1) is 12.0. The average Bonchev–Trinajstić information content (AvgIpc) is 3.19. The number of anilines is 1. The molecule has 0 aliphatic heterocycles. The summed E-state index contributed by atoms with van der Waals surface area (Å²) in [6.45, 7) is 0.396. The van der Waals surface area contributed by atoms with Crippen LogP contribution in [-0.4, -0.2) is 21.0 Å². The van der Waals surface area contributed by atoms with Crippen LogP contribution in [0.15, 0.2) is 24.1 Å². The first-order valence-electron chi connectivity index (χ1n) is 6.05. The van der Waals surface area contributed by atoms with E-state index in [0.717, 1.165) is 11.3 Å². The highest BCUT2D eigenvalue weighted by Crippen LogP contribution is 2.40.